The van der Waals surface area contributed by atoms with E-state index in [0.29, 0.717) is 6.54 Å². The van der Waals surface area contributed by atoms with E-state index in [-0.39, 0.29) is 0 Å². The monoisotopic (exact) mass is 337 g/mol. The molecule has 4 rings (SSSR count). The third-order valence-electron chi connectivity index (χ3n) is 5.17. The lowest BCUT2D eigenvalue weighted by molar-refractivity contribution is -0.605. The number of aromatic nitrogens is 2. The van der Waals surface area contributed by atoms with Crippen molar-refractivity contribution in [3.8, 4) is 0 Å². The summed E-state index contributed by atoms with van der Waals surface area (Å²) in [4.78, 5) is 2.34. The van der Waals surface area contributed by atoms with Crippen molar-refractivity contribution in [3.63, 3.8) is 0 Å². The number of likely N-dealkylation sites (N-methyl/N-ethyl adjacent to an activating group) is 1. The van der Waals surface area contributed by atoms with Gasteiger partial charge >= 0.3 is 0 Å². The largest absolute Gasteiger partial charge is 0.619 e. The van der Waals surface area contributed by atoms with Crippen molar-refractivity contribution in [3.05, 3.63) is 70.3 Å². The van der Waals surface area contributed by atoms with E-state index in [2.05, 4.69) is 41.6 Å². The van der Waals surface area contributed by atoms with E-state index >= 15 is 0 Å². The van der Waals surface area contributed by atoms with Crippen LogP contribution in [0.5, 0.6) is 0 Å². The molecular formula is C20H23N3O2. The zero-order valence-electron chi connectivity index (χ0n) is 14.6. The van der Waals surface area contributed by atoms with Crippen molar-refractivity contribution in [2.45, 2.75) is 32.5 Å². The van der Waals surface area contributed by atoms with Crippen LogP contribution in [0.3, 0.4) is 0 Å². The van der Waals surface area contributed by atoms with Gasteiger partial charge in [-0.1, -0.05) is 11.6 Å². The van der Waals surface area contributed by atoms with E-state index in [9.17, 15) is 10.3 Å². The first-order valence-corrected chi connectivity index (χ1v) is 8.69. The van der Waals surface area contributed by atoms with Gasteiger partial charge in [0.25, 0.3) is 0 Å². The Morgan fingerprint density at radius 3 is 2.76 bits per heavy atom. The van der Waals surface area contributed by atoms with E-state index in [0.717, 1.165) is 29.8 Å². The van der Waals surface area contributed by atoms with Crippen molar-refractivity contribution in [1.82, 2.24) is 9.47 Å². The molecule has 1 atom stereocenters. The maximum atomic E-state index is 11.2. The Kier molecular flexibility index (Phi) is 3.98. The van der Waals surface area contributed by atoms with E-state index in [1.165, 1.54) is 40.1 Å². The average Bonchev–Trinajstić information content (AvgIpc) is 2.88. The molecule has 0 amide bonds. The van der Waals surface area contributed by atoms with Gasteiger partial charge in [0.15, 0.2) is 12.4 Å². The number of hydrogen-bond donors (Lipinski definition) is 1. The predicted octanol–water partition coefficient (Wildman–Crippen LogP) is 2.30. The Bertz CT molecular complexity index is 915. The molecule has 130 valence electrons. The molecule has 3 aromatic rings. The maximum Gasteiger partial charge on any atom is 0.180 e. The van der Waals surface area contributed by atoms with Crippen molar-refractivity contribution in [2.75, 3.05) is 13.6 Å². The van der Waals surface area contributed by atoms with Crippen molar-refractivity contribution in [1.29, 1.82) is 0 Å². The third-order valence-corrected chi connectivity index (χ3v) is 5.17. The van der Waals surface area contributed by atoms with Gasteiger partial charge in [-0.25, -0.2) is 0 Å². The molecule has 0 bridgehead atoms. The number of aliphatic hydroxyl groups excluding tert-OH is 1. The molecular weight excluding hydrogens is 314 g/mol. The second-order valence-electron chi connectivity index (χ2n) is 7.05. The third kappa shape index (κ3) is 2.90. The summed E-state index contributed by atoms with van der Waals surface area (Å²) in [6.07, 6.45) is 3.21. The molecule has 5 heteroatoms. The van der Waals surface area contributed by atoms with Crippen LogP contribution in [0.1, 0.15) is 28.5 Å². The molecule has 0 spiro atoms. The SMILES string of the molecule is Cc1ccc2c(c1)c1c(n2CC(O)c2cc[n+]([O-])cc2)CCN(C)C1. The Hall–Kier alpha value is -2.37. The standard InChI is InChI=1S/C20H23N3O2/c1-14-3-4-18-16(11-14)17-12-21(2)8-7-19(17)23(18)13-20(24)15-5-9-22(25)10-6-15/h3-6,9-11,20,24H,7-8,12-13H2,1-2H3. The van der Waals surface area contributed by atoms with Crippen molar-refractivity contribution < 1.29 is 9.84 Å². The summed E-state index contributed by atoms with van der Waals surface area (Å²) < 4.78 is 3.00. The number of hydrogen-bond acceptors (Lipinski definition) is 3. The summed E-state index contributed by atoms with van der Waals surface area (Å²) in [5.41, 5.74) is 5.91. The van der Waals surface area contributed by atoms with E-state index < -0.39 is 6.10 Å². The lowest BCUT2D eigenvalue weighted by Crippen LogP contribution is -2.28. The smallest absolute Gasteiger partial charge is 0.180 e. The van der Waals surface area contributed by atoms with Gasteiger partial charge in [-0.3, -0.25) is 0 Å². The van der Waals surface area contributed by atoms with E-state index in [1.807, 2.05) is 0 Å². The molecule has 1 N–H and O–H groups in total. The fourth-order valence-electron chi connectivity index (χ4n) is 3.83. The second kappa shape index (κ2) is 6.17. The molecule has 25 heavy (non-hydrogen) atoms. The summed E-state index contributed by atoms with van der Waals surface area (Å²) in [7, 11) is 2.15. The fourth-order valence-corrected chi connectivity index (χ4v) is 3.83. The Morgan fingerprint density at radius 2 is 2.00 bits per heavy atom. The van der Waals surface area contributed by atoms with Gasteiger partial charge in [0.05, 0.1) is 12.6 Å². The first-order valence-electron chi connectivity index (χ1n) is 8.69. The molecule has 1 aliphatic rings. The van der Waals surface area contributed by atoms with Gasteiger partial charge in [-0.15, -0.1) is 0 Å². The van der Waals surface area contributed by atoms with Crippen LogP contribution in [0.25, 0.3) is 10.9 Å². The summed E-state index contributed by atoms with van der Waals surface area (Å²) in [5, 5.41) is 23.2. The molecule has 0 saturated heterocycles. The zero-order valence-corrected chi connectivity index (χ0v) is 14.6. The van der Waals surface area contributed by atoms with Gasteiger partial charge in [0, 0.05) is 48.2 Å². The van der Waals surface area contributed by atoms with Crippen LogP contribution in [-0.4, -0.2) is 28.2 Å². The normalized spacial score (nSPS) is 16.1. The number of benzene rings is 1. The molecule has 0 fully saturated rings. The van der Waals surface area contributed by atoms with Gasteiger partial charge in [-0.05, 0) is 37.2 Å². The van der Waals surface area contributed by atoms with Gasteiger partial charge in [-0.2, -0.15) is 4.73 Å². The lowest BCUT2D eigenvalue weighted by Gasteiger charge is -2.25. The van der Waals surface area contributed by atoms with Crippen molar-refractivity contribution in [2.24, 2.45) is 0 Å². The minimum atomic E-state index is -0.637. The van der Waals surface area contributed by atoms with Gasteiger partial charge in [0.1, 0.15) is 0 Å². The molecule has 1 unspecified atom stereocenters. The van der Waals surface area contributed by atoms with Crippen LogP contribution in [0.15, 0.2) is 42.7 Å². The van der Waals surface area contributed by atoms with Gasteiger partial charge < -0.3 is 19.8 Å². The summed E-state index contributed by atoms with van der Waals surface area (Å²) in [6.45, 7) is 4.59. The molecule has 3 heterocycles. The summed E-state index contributed by atoms with van der Waals surface area (Å²) >= 11 is 0. The highest BCUT2D eigenvalue weighted by molar-refractivity contribution is 5.86. The molecule has 5 nitrogen and oxygen atoms in total. The van der Waals surface area contributed by atoms with Crippen LogP contribution in [0.4, 0.5) is 0 Å². The minimum Gasteiger partial charge on any atom is -0.619 e. The van der Waals surface area contributed by atoms with E-state index in [1.54, 1.807) is 12.1 Å². The molecule has 1 aliphatic heterocycles. The summed E-state index contributed by atoms with van der Waals surface area (Å²) in [6, 6.07) is 9.91. The topological polar surface area (TPSA) is 55.3 Å². The highest BCUT2D eigenvalue weighted by Gasteiger charge is 2.24. The molecule has 0 saturated carbocycles. The lowest BCUT2D eigenvalue weighted by atomic mass is 10.0. The van der Waals surface area contributed by atoms with E-state index in [4.69, 9.17) is 0 Å². The number of nitrogens with zero attached hydrogens (tertiary/aromatic N) is 3. The number of fused-ring (bicyclic) bond motifs is 3. The van der Waals surface area contributed by atoms with Crippen molar-refractivity contribution >= 4 is 10.9 Å². The predicted molar refractivity (Wildman–Crippen MR) is 97.1 cm³/mol. The highest BCUT2D eigenvalue weighted by Crippen LogP contribution is 2.32. The summed E-state index contributed by atoms with van der Waals surface area (Å²) in [5.74, 6) is 0. The minimum absolute atomic E-state index is 0.501. The Labute approximate surface area is 147 Å². The average molecular weight is 337 g/mol. The maximum absolute atomic E-state index is 11.2. The number of rotatable bonds is 3. The molecule has 0 aliphatic carbocycles. The van der Waals surface area contributed by atoms with Gasteiger partial charge in [0.2, 0.25) is 0 Å². The van der Waals surface area contributed by atoms with Crippen LogP contribution >= 0.6 is 0 Å². The number of pyridine rings is 1. The number of aliphatic hydroxyl groups is 1. The second-order valence-corrected chi connectivity index (χ2v) is 7.05. The zero-order chi connectivity index (χ0) is 17.6. The first kappa shape index (κ1) is 16.1. The van der Waals surface area contributed by atoms with Crippen LogP contribution in [0, 0.1) is 12.1 Å². The highest BCUT2D eigenvalue weighted by atomic mass is 16.5. The van der Waals surface area contributed by atoms with Crippen LogP contribution < -0.4 is 4.73 Å². The number of aryl methyl sites for hydroxylation is 1. The van der Waals surface area contributed by atoms with Crippen LogP contribution in [-0.2, 0) is 19.5 Å². The quantitative estimate of drug-likeness (QED) is 0.589. The molecule has 1 aromatic carbocycles. The first-order chi connectivity index (χ1) is 12.0. The van der Waals surface area contributed by atoms with Crippen LogP contribution in [0.2, 0.25) is 0 Å². The molecule has 2 aromatic heterocycles. The Morgan fingerprint density at radius 1 is 1.24 bits per heavy atom. The Balaban J connectivity index is 1.77. The fraction of sp³-hybridized carbons (Fsp3) is 0.350. The molecule has 0 radical (unpaired) electrons.